The van der Waals surface area contributed by atoms with Crippen molar-refractivity contribution in [3.05, 3.63) is 24.0 Å². The quantitative estimate of drug-likeness (QED) is 0.932. The molecular formula is C17H23FN2O2. The van der Waals surface area contributed by atoms with Crippen molar-refractivity contribution in [2.24, 2.45) is 5.92 Å². The van der Waals surface area contributed by atoms with Gasteiger partial charge < -0.3 is 15.0 Å². The summed E-state index contributed by atoms with van der Waals surface area (Å²) in [7, 11) is 0. The monoisotopic (exact) mass is 306 g/mol. The Balaban J connectivity index is 1.70. The predicted molar refractivity (Wildman–Crippen MR) is 84.6 cm³/mol. The minimum atomic E-state index is -0.298. The molecule has 1 aliphatic carbocycles. The number of nitrogens with one attached hydrogen (secondary N) is 1. The number of hydrogen-bond acceptors (Lipinski definition) is 3. The van der Waals surface area contributed by atoms with Crippen LogP contribution in [0.4, 0.5) is 15.8 Å². The Kier molecular flexibility index (Phi) is 4.34. The molecule has 1 amide bonds. The number of morpholine rings is 1. The lowest BCUT2D eigenvalue weighted by atomic mass is 9.85. The van der Waals surface area contributed by atoms with E-state index in [9.17, 15) is 9.18 Å². The number of benzene rings is 1. The SMILES string of the molecule is C[C@H]1CN(c2ccc(NC(=O)C3CCC3)cc2F)C[C@H](C)O1. The van der Waals surface area contributed by atoms with E-state index in [1.54, 1.807) is 12.1 Å². The Bertz CT molecular complexity index is 550. The highest BCUT2D eigenvalue weighted by molar-refractivity contribution is 5.93. The standard InChI is InChI=1S/C17H23FN2O2/c1-11-9-20(10-12(2)22-11)16-7-6-14(8-15(16)18)19-17(21)13-4-3-5-13/h6-8,11-13H,3-5,9-10H2,1-2H3,(H,19,21)/t11-,12-/m0/s1. The van der Waals surface area contributed by atoms with Crippen LogP contribution in [0.5, 0.6) is 0 Å². The van der Waals surface area contributed by atoms with E-state index in [1.807, 2.05) is 18.7 Å². The summed E-state index contributed by atoms with van der Waals surface area (Å²) in [5.41, 5.74) is 1.11. The van der Waals surface area contributed by atoms with Gasteiger partial charge in [-0.15, -0.1) is 0 Å². The summed E-state index contributed by atoms with van der Waals surface area (Å²) in [6.07, 6.45) is 3.16. The van der Waals surface area contributed by atoms with Gasteiger partial charge in [-0.1, -0.05) is 6.42 Å². The van der Waals surface area contributed by atoms with Crippen molar-refractivity contribution in [3.63, 3.8) is 0 Å². The zero-order chi connectivity index (χ0) is 15.7. The van der Waals surface area contributed by atoms with Gasteiger partial charge in [-0.3, -0.25) is 4.79 Å². The maximum atomic E-state index is 14.4. The number of carbonyl (C=O) groups is 1. The molecule has 0 unspecified atom stereocenters. The molecule has 1 aromatic rings. The normalized spacial score (nSPS) is 25.7. The maximum absolute atomic E-state index is 14.4. The zero-order valence-corrected chi connectivity index (χ0v) is 13.1. The van der Waals surface area contributed by atoms with Crippen molar-refractivity contribution in [1.29, 1.82) is 0 Å². The van der Waals surface area contributed by atoms with Gasteiger partial charge in [0.05, 0.1) is 17.9 Å². The van der Waals surface area contributed by atoms with Crippen molar-refractivity contribution in [2.45, 2.75) is 45.3 Å². The molecule has 0 aromatic heterocycles. The third-order valence-corrected chi connectivity index (χ3v) is 4.45. The van der Waals surface area contributed by atoms with E-state index in [0.29, 0.717) is 24.5 Å². The first-order chi connectivity index (χ1) is 10.5. The number of ether oxygens (including phenoxy) is 1. The summed E-state index contributed by atoms with van der Waals surface area (Å²) in [5, 5.41) is 2.81. The molecule has 2 aliphatic rings. The summed E-state index contributed by atoms with van der Waals surface area (Å²) in [6, 6.07) is 4.94. The Morgan fingerprint density at radius 2 is 1.95 bits per heavy atom. The molecular weight excluding hydrogens is 283 g/mol. The third kappa shape index (κ3) is 3.24. The van der Waals surface area contributed by atoms with Crippen molar-refractivity contribution in [2.75, 3.05) is 23.3 Å². The lowest BCUT2D eigenvalue weighted by Crippen LogP contribution is -2.45. The number of amides is 1. The third-order valence-electron chi connectivity index (χ3n) is 4.45. The smallest absolute Gasteiger partial charge is 0.227 e. The topological polar surface area (TPSA) is 41.6 Å². The Hall–Kier alpha value is -1.62. The van der Waals surface area contributed by atoms with Crippen LogP contribution in [0, 0.1) is 11.7 Å². The van der Waals surface area contributed by atoms with Crippen LogP contribution in [-0.2, 0) is 9.53 Å². The molecule has 2 atom stereocenters. The van der Waals surface area contributed by atoms with Gasteiger partial charge in [0.1, 0.15) is 5.82 Å². The zero-order valence-electron chi connectivity index (χ0n) is 13.1. The molecule has 1 saturated heterocycles. The van der Waals surface area contributed by atoms with Crippen molar-refractivity contribution < 1.29 is 13.9 Å². The summed E-state index contributed by atoms with van der Waals surface area (Å²) in [4.78, 5) is 13.9. The van der Waals surface area contributed by atoms with E-state index in [1.165, 1.54) is 6.07 Å². The average molecular weight is 306 g/mol. The fraction of sp³-hybridized carbons (Fsp3) is 0.588. The van der Waals surface area contributed by atoms with Crippen LogP contribution in [-0.4, -0.2) is 31.2 Å². The lowest BCUT2D eigenvalue weighted by Gasteiger charge is -2.37. The van der Waals surface area contributed by atoms with E-state index < -0.39 is 0 Å². The lowest BCUT2D eigenvalue weighted by molar-refractivity contribution is -0.122. The van der Waals surface area contributed by atoms with E-state index in [4.69, 9.17) is 4.74 Å². The van der Waals surface area contributed by atoms with Crippen LogP contribution in [0.3, 0.4) is 0 Å². The molecule has 1 N–H and O–H groups in total. The largest absolute Gasteiger partial charge is 0.372 e. The van der Waals surface area contributed by atoms with Crippen LogP contribution >= 0.6 is 0 Å². The molecule has 1 heterocycles. The van der Waals surface area contributed by atoms with Crippen LogP contribution in [0.1, 0.15) is 33.1 Å². The molecule has 22 heavy (non-hydrogen) atoms. The average Bonchev–Trinajstić information content (AvgIpc) is 2.35. The highest BCUT2D eigenvalue weighted by atomic mass is 19.1. The first-order valence-corrected chi connectivity index (χ1v) is 8.03. The number of halogens is 1. The van der Waals surface area contributed by atoms with E-state index in [-0.39, 0.29) is 29.9 Å². The molecule has 0 bridgehead atoms. The van der Waals surface area contributed by atoms with Gasteiger partial charge in [-0.25, -0.2) is 4.39 Å². The minimum Gasteiger partial charge on any atom is -0.372 e. The summed E-state index contributed by atoms with van der Waals surface area (Å²) in [6.45, 7) is 5.34. The fourth-order valence-electron chi connectivity index (χ4n) is 3.13. The van der Waals surface area contributed by atoms with Gasteiger partial charge in [0, 0.05) is 24.7 Å². The minimum absolute atomic E-state index is 0.00650. The van der Waals surface area contributed by atoms with Gasteiger partial charge in [0.25, 0.3) is 0 Å². The van der Waals surface area contributed by atoms with Gasteiger partial charge in [-0.05, 0) is 44.9 Å². The van der Waals surface area contributed by atoms with Crippen molar-refractivity contribution in [1.82, 2.24) is 0 Å². The summed E-state index contributed by atoms with van der Waals surface area (Å²) < 4.78 is 20.1. The summed E-state index contributed by atoms with van der Waals surface area (Å²) >= 11 is 0. The molecule has 120 valence electrons. The van der Waals surface area contributed by atoms with E-state index in [2.05, 4.69) is 5.32 Å². The number of rotatable bonds is 3. The van der Waals surface area contributed by atoms with Gasteiger partial charge in [0.2, 0.25) is 5.91 Å². The van der Waals surface area contributed by atoms with E-state index >= 15 is 0 Å². The Morgan fingerprint density at radius 3 is 2.50 bits per heavy atom. The van der Waals surface area contributed by atoms with Crippen molar-refractivity contribution in [3.8, 4) is 0 Å². The highest BCUT2D eigenvalue weighted by Gasteiger charge is 2.26. The van der Waals surface area contributed by atoms with Crippen LogP contribution in [0.25, 0.3) is 0 Å². The maximum Gasteiger partial charge on any atom is 0.227 e. The molecule has 0 radical (unpaired) electrons. The van der Waals surface area contributed by atoms with Crippen LogP contribution in [0.2, 0.25) is 0 Å². The fourth-order valence-corrected chi connectivity index (χ4v) is 3.13. The predicted octanol–water partition coefficient (Wildman–Crippen LogP) is 3.18. The Morgan fingerprint density at radius 1 is 1.27 bits per heavy atom. The van der Waals surface area contributed by atoms with Gasteiger partial charge in [0.15, 0.2) is 0 Å². The first kappa shape index (κ1) is 15.3. The molecule has 4 nitrogen and oxygen atoms in total. The molecule has 2 fully saturated rings. The molecule has 1 saturated carbocycles. The van der Waals surface area contributed by atoms with Crippen molar-refractivity contribution >= 4 is 17.3 Å². The number of carbonyl (C=O) groups excluding carboxylic acids is 1. The molecule has 3 rings (SSSR count). The second-order valence-electron chi connectivity index (χ2n) is 6.45. The van der Waals surface area contributed by atoms with E-state index in [0.717, 1.165) is 19.3 Å². The molecule has 5 heteroatoms. The van der Waals surface area contributed by atoms with Gasteiger partial charge in [-0.2, -0.15) is 0 Å². The Labute approximate surface area is 130 Å². The van der Waals surface area contributed by atoms with Gasteiger partial charge >= 0.3 is 0 Å². The second-order valence-corrected chi connectivity index (χ2v) is 6.45. The highest BCUT2D eigenvalue weighted by Crippen LogP contribution is 2.29. The number of anilines is 2. The number of nitrogens with zero attached hydrogens (tertiary/aromatic N) is 1. The molecule has 1 aromatic carbocycles. The second kappa shape index (κ2) is 6.24. The van der Waals surface area contributed by atoms with Crippen LogP contribution < -0.4 is 10.2 Å². The summed E-state index contributed by atoms with van der Waals surface area (Å²) in [5.74, 6) is -0.191. The number of hydrogen-bond donors (Lipinski definition) is 1. The first-order valence-electron chi connectivity index (χ1n) is 8.03. The van der Waals surface area contributed by atoms with Crippen LogP contribution in [0.15, 0.2) is 18.2 Å². The molecule has 0 spiro atoms. The molecule has 1 aliphatic heterocycles.